The highest BCUT2D eigenvalue weighted by atomic mass is 19.4. The van der Waals surface area contributed by atoms with Gasteiger partial charge in [0.2, 0.25) is 11.1 Å². The van der Waals surface area contributed by atoms with Crippen LogP contribution >= 0.6 is 0 Å². The minimum absolute atomic E-state index is 0.0201. The molecule has 7 nitrogen and oxygen atoms in total. The highest BCUT2D eigenvalue weighted by molar-refractivity contribution is 6.07. The second-order valence-electron chi connectivity index (χ2n) is 9.13. The van der Waals surface area contributed by atoms with Gasteiger partial charge in [-0.3, -0.25) is 9.80 Å². The Kier molecular flexibility index (Phi) is 5.93. The zero-order valence-electron chi connectivity index (χ0n) is 20.8. The van der Waals surface area contributed by atoms with Gasteiger partial charge in [-0.2, -0.15) is 13.2 Å². The third kappa shape index (κ3) is 3.32. The zero-order valence-corrected chi connectivity index (χ0v) is 20.8. The molecule has 2 atom stereocenters. The van der Waals surface area contributed by atoms with E-state index in [0.29, 0.717) is 21.8 Å². The smallest absolute Gasteiger partial charge is 0.419 e. The van der Waals surface area contributed by atoms with Crippen LogP contribution in [0.15, 0.2) is 77.8 Å². The largest absolute Gasteiger partial charge is 0.497 e. The lowest BCUT2D eigenvalue weighted by Gasteiger charge is -2.52. The number of hydrogen-bond acceptors (Lipinski definition) is 5. The van der Waals surface area contributed by atoms with Crippen LogP contribution in [0.5, 0.6) is 5.75 Å². The number of carbonyl (C=O) groups excluding carboxylic acids is 2. The fraction of sp³-hybridized carbons (Fsp3) is 0.250. The molecule has 0 aliphatic carbocycles. The summed E-state index contributed by atoms with van der Waals surface area (Å²) in [6.07, 6.45) is -4.33. The number of methoxy groups -OCH3 is 2. The molecule has 38 heavy (non-hydrogen) atoms. The van der Waals surface area contributed by atoms with Crippen LogP contribution in [0.1, 0.15) is 22.3 Å². The molecular formula is C28H24F3N3O4. The molecule has 196 valence electrons. The number of alkyl halides is 3. The summed E-state index contributed by atoms with van der Waals surface area (Å²) in [5, 5.41) is 0. The van der Waals surface area contributed by atoms with Crippen molar-refractivity contribution in [3.63, 3.8) is 0 Å². The van der Waals surface area contributed by atoms with Gasteiger partial charge in [-0.05, 0) is 36.2 Å². The van der Waals surface area contributed by atoms with Gasteiger partial charge >= 0.3 is 18.2 Å². The Morgan fingerprint density at radius 2 is 1.68 bits per heavy atom. The molecule has 0 spiro atoms. The third-order valence-electron chi connectivity index (χ3n) is 7.10. The molecule has 0 aromatic heterocycles. The van der Waals surface area contributed by atoms with Crippen LogP contribution in [0.3, 0.4) is 0 Å². The molecule has 0 bridgehead atoms. The van der Waals surface area contributed by atoms with Gasteiger partial charge in [0.25, 0.3) is 0 Å². The fourth-order valence-corrected chi connectivity index (χ4v) is 5.41. The Morgan fingerprint density at radius 3 is 2.29 bits per heavy atom. The van der Waals surface area contributed by atoms with E-state index in [1.54, 1.807) is 43.3 Å². The average Bonchev–Trinajstić information content (AvgIpc) is 3.30. The average molecular weight is 524 g/mol. The summed E-state index contributed by atoms with van der Waals surface area (Å²) in [6, 6.07) is 17.8. The van der Waals surface area contributed by atoms with E-state index >= 15 is 13.2 Å². The lowest BCUT2D eigenvalue weighted by atomic mass is 9.66. The van der Waals surface area contributed by atoms with E-state index in [2.05, 4.69) is 4.99 Å². The van der Waals surface area contributed by atoms with Crippen LogP contribution in [0.25, 0.3) is 0 Å². The summed E-state index contributed by atoms with van der Waals surface area (Å²) in [7, 11) is 2.53. The summed E-state index contributed by atoms with van der Waals surface area (Å²) in [5.41, 5.74) is -4.93. The van der Waals surface area contributed by atoms with E-state index in [1.165, 1.54) is 48.4 Å². The Morgan fingerprint density at radius 1 is 1.00 bits per heavy atom. The number of halogens is 3. The van der Waals surface area contributed by atoms with Gasteiger partial charge in [0.05, 0.1) is 32.8 Å². The number of anilines is 1. The molecule has 2 aliphatic heterocycles. The summed E-state index contributed by atoms with van der Waals surface area (Å²) < 4.78 is 57.2. The molecular weight excluding hydrogens is 499 g/mol. The van der Waals surface area contributed by atoms with Crippen molar-refractivity contribution in [2.75, 3.05) is 19.1 Å². The third-order valence-corrected chi connectivity index (χ3v) is 7.10. The Labute approximate surface area is 217 Å². The maximum atomic E-state index is 15.7. The van der Waals surface area contributed by atoms with Crippen LogP contribution in [-0.2, 0) is 27.2 Å². The van der Waals surface area contributed by atoms with Crippen molar-refractivity contribution < 1.29 is 32.2 Å². The van der Waals surface area contributed by atoms with Crippen molar-refractivity contribution in [3.05, 3.63) is 95.1 Å². The van der Waals surface area contributed by atoms with Gasteiger partial charge in [0, 0.05) is 5.56 Å². The number of hydrogen-bond donors (Lipinski definition) is 0. The van der Waals surface area contributed by atoms with Gasteiger partial charge in [-0.25, -0.2) is 14.6 Å². The first-order valence-electron chi connectivity index (χ1n) is 11.7. The number of ether oxygens (including phenoxy) is 2. The first kappa shape index (κ1) is 25.3. The van der Waals surface area contributed by atoms with Gasteiger partial charge in [-0.1, -0.05) is 60.2 Å². The molecule has 0 radical (unpaired) electrons. The standard InChI is InChI=1S/C28H24F3N3O4/c1-18-9-14-23-22(15-18)27(28(29,30)31)26(24(35)38-3,20-7-5-4-6-8-20)32-17-34(27)25(36)33(23)16-19-10-12-21(37-2)13-11-19/h4-15,17H,16H2,1-3H3/t26-,27?/m0/s1. The number of rotatable bonds is 5. The predicted molar refractivity (Wildman–Crippen MR) is 134 cm³/mol. The van der Waals surface area contributed by atoms with Crippen molar-refractivity contribution in [1.29, 1.82) is 0 Å². The molecule has 0 fully saturated rings. The summed E-state index contributed by atoms with van der Waals surface area (Å²) in [5.74, 6) is -0.633. The molecule has 2 heterocycles. The van der Waals surface area contributed by atoms with Gasteiger partial charge in [0.1, 0.15) is 5.75 Å². The lowest BCUT2D eigenvalue weighted by Crippen LogP contribution is -2.70. The summed E-state index contributed by atoms with van der Waals surface area (Å²) >= 11 is 0. The Hall–Kier alpha value is -4.34. The SMILES string of the molecule is COC(=O)[C@]1(c2ccccc2)N=CN2C(=O)N(Cc3ccc(OC)cc3)c3ccc(C)cc3C21C(F)(F)F. The van der Waals surface area contributed by atoms with Crippen LogP contribution in [0.2, 0.25) is 0 Å². The van der Waals surface area contributed by atoms with Crippen LogP contribution in [0, 0.1) is 6.92 Å². The van der Waals surface area contributed by atoms with E-state index in [4.69, 9.17) is 9.47 Å². The number of benzene rings is 3. The number of esters is 1. The van der Waals surface area contributed by atoms with Crippen molar-refractivity contribution in [2.24, 2.45) is 4.99 Å². The quantitative estimate of drug-likeness (QED) is 0.425. The molecule has 2 amide bonds. The van der Waals surface area contributed by atoms with Crippen molar-refractivity contribution in [1.82, 2.24) is 4.90 Å². The Bertz CT molecular complexity index is 1430. The highest BCUT2D eigenvalue weighted by Gasteiger charge is 2.80. The predicted octanol–water partition coefficient (Wildman–Crippen LogP) is 5.31. The number of fused-ring (bicyclic) bond motifs is 3. The topological polar surface area (TPSA) is 71.4 Å². The fourth-order valence-electron chi connectivity index (χ4n) is 5.41. The van der Waals surface area contributed by atoms with Gasteiger partial charge < -0.3 is 9.47 Å². The van der Waals surface area contributed by atoms with Crippen molar-refractivity contribution in [2.45, 2.75) is 30.7 Å². The molecule has 3 aromatic carbocycles. The number of aryl methyl sites for hydroxylation is 1. The second kappa shape index (κ2) is 8.90. The van der Waals surface area contributed by atoms with Crippen LogP contribution in [-0.4, -0.2) is 43.6 Å². The molecule has 0 saturated heterocycles. The van der Waals surface area contributed by atoms with Crippen molar-refractivity contribution in [3.8, 4) is 5.75 Å². The molecule has 0 N–H and O–H groups in total. The van der Waals surface area contributed by atoms with Gasteiger partial charge in [-0.15, -0.1) is 0 Å². The molecule has 10 heteroatoms. The maximum Gasteiger partial charge on any atom is 0.419 e. The number of aliphatic imine (C=N–C) groups is 1. The molecule has 0 saturated carbocycles. The highest BCUT2D eigenvalue weighted by Crippen LogP contribution is 2.63. The molecule has 2 aliphatic rings. The summed E-state index contributed by atoms with van der Waals surface area (Å²) in [4.78, 5) is 33.4. The first-order valence-corrected chi connectivity index (χ1v) is 11.7. The van der Waals surface area contributed by atoms with Gasteiger partial charge in [0.15, 0.2) is 0 Å². The van der Waals surface area contributed by atoms with E-state index in [1.807, 2.05) is 0 Å². The first-order chi connectivity index (χ1) is 18.1. The monoisotopic (exact) mass is 523 g/mol. The van der Waals surface area contributed by atoms with E-state index in [-0.39, 0.29) is 23.4 Å². The molecule has 1 unspecified atom stereocenters. The lowest BCUT2D eigenvalue weighted by molar-refractivity contribution is -0.239. The van der Waals surface area contributed by atoms with E-state index < -0.39 is 29.3 Å². The minimum Gasteiger partial charge on any atom is -0.497 e. The van der Waals surface area contributed by atoms with E-state index in [9.17, 15) is 9.59 Å². The van der Waals surface area contributed by atoms with E-state index in [0.717, 1.165) is 13.4 Å². The number of nitrogens with zero attached hydrogens (tertiary/aromatic N) is 3. The number of urea groups is 1. The number of amides is 2. The van der Waals surface area contributed by atoms with Crippen LogP contribution < -0.4 is 9.64 Å². The minimum atomic E-state index is -5.14. The van der Waals surface area contributed by atoms with Crippen molar-refractivity contribution >= 4 is 24.0 Å². The number of carbonyl (C=O) groups is 2. The van der Waals surface area contributed by atoms with Crippen LogP contribution in [0.4, 0.5) is 23.7 Å². The summed E-state index contributed by atoms with van der Waals surface area (Å²) in [6.45, 7) is 1.63. The molecule has 5 rings (SSSR count). The molecule has 3 aromatic rings. The normalized spacial score (nSPS) is 22.2. The maximum absolute atomic E-state index is 15.7. The second-order valence-corrected chi connectivity index (χ2v) is 9.13. The Balaban J connectivity index is 1.81. The zero-order chi connectivity index (χ0) is 27.3.